The summed E-state index contributed by atoms with van der Waals surface area (Å²) in [5, 5.41) is 0. The molecule has 0 aromatic heterocycles. The number of carbonyl (C=O) groups excluding carboxylic acids is 1. The predicted octanol–water partition coefficient (Wildman–Crippen LogP) is 0.795. The fraction of sp³-hybridized carbons (Fsp3) is 0.222. The molecule has 5 nitrogen and oxygen atoms in total. The SMILES string of the molecule is COc1ccc(CONC(N)=O)cc1. The van der Waals surface area contributed by atoms with E-state index < -0.39 is 6.03 Å². The fourth-order valence-corrected chi connectivity index (χ4v) is 0.912. The Bertz CT molecular complexity index is 297. The Morgan fingerprint density at radius 3 is 2.57 bits per heavy atom. The van der Waals surface area contributed by atoms with Crippen LogP contribution in [0.1, 0.15) is 5.56 Å². The summed E-state index contributed by atoms with van der Waals surface area (Å²) < 4.78 is 4.98. The summed E-state index contributed by atoms with van der Waals surface area (Å²) >= 11 is 0. The number of hydroxylamine groups is 1. The minimum atomic E-state index is -0.710. The van der Waals surface area contributed by atoms with Crippen LogP contribution in [0.15, 0.2) is 24.3 Å². The number of nitrogens with one attached hydrogen (secondary N) is 1. The Hall–Kier alpha value is -1.75. The Kier molecular flexibility index (Phi) is 3.75. The van der Waals surface area contributed by atoms with Crippen LogP contribution in [0.5, 0.6) is 5.75 Å². The Morgan fingerprint density at radius 2 is 2.07 bits per heavy atom. The summed E-state index contributed by atoms with van der Waals surface area (Å²) in [5.74, 6) is 0.775. The molecule has 0 spiro atoms. The van der Waals surface area contributed by atoms with Gasteiger partial charge in [0.15, 0.2) is 0 Å². The molecule has 2 amide bonds. The molecule has 3 N–H and O–H groups in total. The number of urea groups is 1. The molecule has 5 heteroatoms. The Balaban J connectivity index is 2.40. The molecule has 0 saturated heterocycles. The third-order valence-electron chi connectivity index (χ3n) is 1.57. The summed E-state index contributed by atoms with van der Waals surface area (Å²) in [5.41, 5.74) is 7.75. The molecule has 0 atom stereocenters. The number of hydrogen-bond acceptors (Lipinski definition) is 3. The van der Waals surface area contributed by atoms with Gasteiger partial charge >= 0.3 is 6.03 Å². The van der Waals surface area contributed by atoms with E-state index in [2.05, 4.69) is 0 Å². The predicted molar refractivity (Wildman–Crippen MR) is 50.5 cm³/mol. The minimum Gasteiger partial charge on any atom is -0.497 e. The van der Waals surface area contributed by atoms with Gasteiger partial charge in [0.05, 0.1) is 13.7 Å². The zero-order chi connectivity index (χ0) is 10.4. The van der Waals surface area contributed by atoms with E-state index in [9.17, 15) is 4.79 Å². The maximum atomic E-state index is 10.3. The molecule has 0 heterocycles. The van der Waals surface area contributed by atoms with Gasteiger partial charge in [0, 0.05) is 0 Å². The summed E-state index contributed by atoms with van der Waals surface area (Å²) in [6, 6.07) is 6.58. The number of rotatable bonds is 4. The molecular weight excluding hydrogens is 184 g/mol. The standard InChI is InChI=1S/C9H12N2O3/c1-13-8-4-2-7(3-5-8)6-14-11-9(10)12/h2-5H,6H2,1H3,(H3,10,11,12). The molecule has 0 fully saturated rings. The van der Waals surface area contributed by atoms with Gasteiger partial charge in [-0.3, -0.25) is 4.84 Å². The molecule has 0 saturated carbocycles. The lowest BCUT2D eigenvalue weighted by atomic mass is 10.2. The zero-order valence-electron chi connectivity index (χ0n) is 7.82. The van der Waals surface area contributed by atoms with Crippen LogP contribution in [-0.4, -0.2) is 13.1 Å². The van der Waals surface area contributed by atoms with Gasteiger partial charge in [-0.05, 0) is 17.7 Å². The number of nitrogens with two attached hydrogens (primary N) is 1. The second-order valence-corrected chi connectivity index (χ2v) is 2.60. The van der Waals surface area contributed by atoms with Gasteiger partial charge in [-0.2, -0.15) is 0 Å². The normalized spacial score (nSPS) is 9.50. The minimum absolute atomic E-state index is 0.271. The first-order valence-electron chi connectivity index (χ1n) is 4.02. The van der Waals surface area contributed by atoms with Gasteiger partial charge in [-0.15, -0.1) is 0 Å². The van der Waals surface area contributed by atoms with Crippen LogP contribution in [0.3, 0.4) is 0 Å². The van der Waals surface area contributed by atoms with E-state index in [-0.39, 0.29) is 6.61 Å². The van der Waals surface area contributed by atoms with Crippen molar-refractivity contribution in [1.82, 2.24) is 5.48 Å². The highest BCUT2D eigenvalue weighted by Gasteiger charge is 1.95. The maximum absolute atomic E-state index is 10.3. The number of benzene rings is 1. The van der Waals surface area contributed by atoms with Crippen molar-refractivity contribution in [3.63, 3.8) is 0 Å². The van der Waals surface area contributed by atoms with Gasteiger partial charge in [0.25, 0.3) is 0 Å². The maximum Gasteiger partial charge on any atom is 0.336 e. The average molecular weight is 196 g/mol. The summed E-state index contributed by atoms with van der Waals surface area (Å²) in [7, 11) is 1.60. The van der Waals surface area contributed by atoms with Crippen LogP contribution < -0.4 is 16.0 Å². The van der Waals surface area contributed by atoms with Crippen LogP contribution in [0.2, 0.25) is 0 Å². The third kappa shape index (κ3) is 3.32. The number of primary amides is 1. The molecule has 0 unspecified atom stereocenters. The molecule has 76 valence electrons. The topological polar surface area (TPSA) is 73.6 Å². The molecule has 14 heavy (non-hydrogen) atoms. The van der Waals surface area contributed by atoms with Crippen LogP contribution >= 0.6 is 0 Å². The van der Waals surface area contributed by atoms with Gasteiger partial charge < -0.3 is 10.5 Å². The zero-order valence-corrected chi connectivity index (χ0v) is 7.82. The molecule has 0 bridgehead atoms. The fourth-order valence-electron chi connectivity index (χ4n) is 0.912. The highest BCUT2D eigenvalue weighted by atomic mass is 16.7. The molecule has 0 aliphatic heterocycles. The third-order valence-corrected chi connectivity index (χ3v) is 1.57. The second-order valence-electron chi connectivity index (χ2n) is 2.60. The average Bonchev–Trinajstić information content (AvgIpc) is 2.18. The lowest BCUT2D eigenvalue weighted by molar-refractivity contribution is 0.0521. The van der Waals surface area contributed by atoms with Gasteiger partial charge in [-0.25, -0.2) is 10.3 Å². The van der Waals surface area contributed by atoms with E-state index in [1.807, 2.05) is 29.7 Å². The molecule has 1 rings (SSSR count). The quantitative estimate of drug-likeness (QED) is 0.699. The van der Waals surface area contributed by atoms with Crippen LogP contribution in [0.4, 0.5) is 4.79 Å². The molecule has 0 radical (unpaired) electrons. The molecule has 0 aliphatic carbocycles. The molecule has 1 aromatic rings. The van der Waals surface area contributed by atoms with Crippen LogP contribution in [0.25, 0.3) is 0 Å². The highest BCUT2D eigenvalue weighted by Crippen LogP contribution is 2.11. The highest BCUT2D eigenvalue weighted by molar-refractivity contribution is 5.70. The van der Waals surface area contributed by atoms with Crippen molar-refractivity contribution >= 4 is 6.03 Å². The van der Waals surface area contributed by atoms with Crippen LogP contribution in [0, 0.1) is 0 Å². The number of carbonyl (C=O) groups is 1. The molecule has 1 aromatic carbocycles. The van der Waals surface area contributed by atoms with Gasteiger partial charge in [0.1, 0.15) is 5.75 Å². The summed E-state index contributed by atoms with van der Waals surface area (Å²) in [6.45, 7) is 0.271. The number of amides is 2. The smallest absolute Gasteiger partial charge is 0.336 e. The van der Waals surface area contributed by atoms with E-state index in [1.54, 1.807) is 7.11 Å². The Labute approximate surface area is 81.8 Å². The van der Waals surface area contributed by atoms with Crippen molar-refractivity contribution in [2.24, 2.45) is 5.73 Å². The van der Waals surface area contributed by atoms with Crippen molar-refractivity contribution < 1.29 is 14.4 Å². The van der Waals surface area contributed by atoms with Crippen molar-refractivity contribution in [3.05, 3.63) is 29.8 Å². The van der Waals surface area contributed by atoms with Gasteiger partial charge in [0.2, 0.25) is 0 Å². The lowest BCUT2D eigenvalue weighted by Gasteiger charge is -2.04. The van der Waals surface area contributed by atoms with Crippen molar-refractivity contribution in [1.29, 1.82) is 0 Å². The van der Waals surface area contributed by atoms with Crippen molar-refractivity contribution in [2.45, 2.75) is 6.61 Å². The first-order chi connectivity index (χ1) is 6.72. The summed E-state index contributed by atoms with van der Waals surface area (Å²) in [6.07, 6.45) is 0. The molecular formula is C9H12N2O3. The van der Waals surface area contributed by atoms with E-state index in [0.717, 1.165) is 11.3 Å². The van der Waals surface area contributed by atoms with Gasteiger partial charge in [-0.1, -0.05) is 12.1 Å². The van der Waals surface area contributed by atoms with E-state index in [4.69, 9.17) is 15.3 Å². The first kappa shape index (κ1) is 10.3. The van der Waals surface area contributed by atoms with Crippen LogP contribution in [-0.2, 0) is 11.4 Å². The second kappa shape index (κ2) is 5.08. The molecule has 0 aliphatic rings. The Morgan fingerprint density at radius 1 is 1.43 bits per heavy atom. The lowest BCUT2D eigenvalue weighted by Crippen LogP contribution is -2.29. The number of methoxy groups -OCH3 is 1. The van der Waals surface area contributed by atoms with Crippen molar-refractivity contribution in [2.75, 3.05) is 7.11 Å². The van der Waals surface area contributed by atoms with E-state index >= 15 is 0 Å². The first-order valence-corrected chi connectivity index (χ1v) is 4.02. The number of hydrogen-bond donors (Lipinski definition) is 2. The largest absolute Gasteiger partial charge is 0.497 e. The monoisotopic (exact) mass is 196 g/mol. The van der Waals surface area contributed by atoms with E-state index in [1.165, 1.54) is 0 Å². The summed E-state index contributed by atoms with van der Waals surface area (Å²) in [4.78, 5) is 15.0. The van der Waals surface area contributed by atoms with E-state index in [0.29, 0.717) is 0 Å². The van der Waals surface area contributed by atoms with Crippen molar-refractivity contribution in [3.8, 4) is 5.75 Å². The number of ether oxygens (including phenoxy) is 1.